The zero-order valence-corrected chi connectivity index (χ0v) is 8.89. The standard InChI is InChI=1S/C12H17N3/c1-2-11(9-13-5-1)15-6-3-10-8-14-12(10)4-7-15/h1-2,5,9-10,12,14H,3-4,6-8H2/t10-,12-/m1/s1. The number of nitrogens with one attached hydrogen (secondary N) is 1. The van der Waals surface area contributed by atoms with Gasteiger partial charge in [0.1, 0.15) is 0 Å². The Morgan fingerprint density at radius 3 is 3.00 bits per heavy atom. The largest absolute Gasteiger partial charge is 0.370 e. The topological polar surface area (TPSA) is 28.2 Å². The summed E-state index contributed by atoms with van der Waals surface area (Å²) in [6.45, 7) is 3.58. The molecule has 3 heteroatoms. The molecule has 3 nitrogen and oxygen atoms in total. The summed E-state index contributed by atoms with van der Waals surface area (Å²) in [6.07, 6.45) is 6.42. The minimum atomic E-state index is 0.784. The van der Waals surface area contributed by atoms with Crippen molar-refractivity contribution in [2.24, 2.45) is 5.92 Å². The SMILES string of the molecule is c1cncc(N2CC[C@@H]3CN[C@@H]3CC2)c1. The van der Waals surface area contributed by atoms with Crippen molar-refractivity contribution >= 4 is 5.69 Å². The molecule has 0 bridgehead atoms. The van der Waals surface area contributed by atoms with Gasteiger partial charge in [0.25, 0.3) is 0 Å². The molecule has 1 aromatic heterocycles. The average molecular weight is 203 g/mol. The smallest absolute Gasteiger partial charge is 0.0552 e. The van der Waals surface area contributed by atoms with Crippen molar-refractivity contribution in [3.63, 3.8) is 0 Å². The summed E-state index contributed by atoms with van der Waals surface area (Å²) < 4.78 is 0. The molecule has 0 radical (unpaired) electrons. The minimum absolute atomic E-state index is 0.784. The number of hydrogen-bond acceptors (Lipinski definition) is 3. The van der Waals surface area contributed by atoms with E-state index in [1.807, 2.05) is 18.5 Å². The molecule has 0 amide bonds. The van der Waals surface area contributed by atoms with Gasteiger partial charge in [-0.2, -0.15) is 0 Å². The Morgan fingerprint density at radius 2 is 2.27 bits per heavy atom. The summed E-state index contributed by atoms with van der Waals surface area (Å²) in [4.78, 5) is 6.65. The van der Waals surface area contributed by atoms with Crippen LogP contribution in [0.3, 0.4) is 0 Å². The van der Waals surface area contributed by atoms with Gasteiger partial charge in [0, 0.05) is 25.3 Å². The summed E-state index contributed by atoms with van der Waals surface area (Å²) in [5.41, 5.74) is 1.28. The van der Waals surface area contributed by atoms with Crippen molar-refractivity contribution in [2.45, 2.75) is 18.9 Å². The molecule has 2 saturated heterocycles. The number of anilines is 1. The summed E-state index contributed by atoms with van der Waals surface area (Å²) in [5.74, 6) is 0.923. The van der Waals surface area contributed by atoms with E-state index in [0.29, 0.717) is 0 Å². The Morgan fingerprint density at radius 1 is 1.33 bits per heavy atom. The van der Waals surface area contributed by atoms with Crippen LogP contribution in [0.2, 0.25) is 0 Å². The number of rotatable bonds is 1. The van der Waals surface area contributed by atoms with Crippen LogP contribution in [0, 0.1) is 5.92 Å². The normalized spacial score (nSPS) is 30.3. The molecule has 2 atom stereocenters. The third kappa shape index (κ3) is 1.72. The molecular weight excluding hydrogens is 186 g/mol. The first-order chi connectivity index (χ1) is 7.43. The lowest BCUT2D eigenvalue weighted by Gasteiger charge is -2.36. The highest BCUT2D eigenvalue weighted by Crippen LogP contribution is 2.26. The molecule has 2 aliphatic heterocycles. The number of aromatic nitrogens is 1. The van der Waals surface area contributed by atoms with Crippen LogP contribution in [-0.4, -0.2) is 30.7 Å². The lowest BCUT2D eigenvalue weighted by molar-refractivity contribution is 0.226. The highest BCUT2D eigenvalue weighted by molar-refractivity contribution is 5.43. The van der Waals surface area contributed by atoms with Crippen LogP contribution in [0.5, 0.6) is 0 Å². The first-order valence-corrected chi connectivity index (χ1v) is 5.82. The van der Waals surface area contributed by atoms with Crippen molar-refractivity contribution in [2.75, 3.05) is 24.5 Å². The minimum Gasteiger partial charge on any atom is -0.370 e. The van der Waals surface area contributed by atoms with Gasteiger partial charge in [0.15, 0.2) is 0 Å². The van der Waals surface area contributed by atoms with Gasteiger partial charge in [-0.3, -0.25) is 4.98 Å². The van der Waals surface area contributed by atoms with E-state index >= 15 is 0 Å². The van der Waals surface area contributed by atoms with E-state index in [9.17, 15) is 0 Å². The molecule has 3 rings (SSSR count). The third-order valence-corrected chi connectivity index (χ3v) is 3.70. The second-order valence-electron chi connectivity index (χ2n) is 4.55. The van der Waals surface area contributed by atoms with Crippen molar-refractivity contribution < 1.29 is 0 Å². The summed E-state index contributed by atoms with van der Waals surface area (Å²) >= 11 is 0. The van der Waals surface area contributed by atoms with Gasteiger partial charge in [-0.25, -0.2) is 0 Å². The van der Waals surface area contributed by atoms with Crippen LogP contribution in [0.1, 0.15) is 12.8 Å². The van der Waals surface area contributed by atoms with Crippen LogP contribution < -0.4 is 10.2 Å². The van der Waals surface area contributed by atoms with E-state index in [2.05, 4.69) is 21.3 Å². The molecule has 2 aliphatic rings. The molecule has 0 unspecified atom stereocenters. The number of pyridine rings is 1. The van der Waals surface area contributed by atoms with E-state index in [1.54, 1.807) is 0 Å². The molecule has 0 aliphatic carbocycles. The van der Waals surface area contributed by atoms with Crippen LogP contribution >= 0.6 is 0 Å². The van der Waals surface area contributed by atoms with E-state index in [1.165, 1.54) is 38.2 Å². The van der Waals surface area contributed by atoms with E-state index in [0.717, 1.165) is 12.0 Å². The first kappa shape index (κ1) is 9.16. The van der Waals surface area contributed by atoms with E-state index in [4.69, 9.17) is 0 Å². The number of hydrogen-bond donors (Lipinski definition) is 1. The lowest BCUT2D eigenvalue weighted by Crippen LogP contribution is -2.52. The van der Waals surface area contributed by atoms with Crippen molar-refractivity contribution in [3.05, 3.63) is 24.5 Å². The molecule has 3 heterocycles. The Balaban J connectivity index is 1.72. The van der Waals surface area contributed by atoms with Gasteiger partial charge in [-0.1, -0.05) is 0 Å². The Labute approximate surface area is 90.5 Å². The van der Waals surface area contributed by atoms with Gasteiger partial charge in [-0.15, -0.1) is 0 Å². The Bertz CT molecular complexity index is 311. The fraction of sp³-hybridized carbons (Fsp3) is 0.583. The monoisotopic (exact) mass is 203 g/mol. The molecular formula is C12H17N3. The summed E-state index contributed by atoms with van der Waals surface area (Å²) in [6, 6.07) is 4.97. The number of fused-ring (bicyclic) bond motifs is 1. The third-order valence-electron chi connectivity index (χ3n) is 3.70. The van der Waals surface area contributed by atoms with E-state index < -0.39 is 0 Å². The predicted molar refractivity (Wildman–Crippen MR) is 61.0 cm³/mol. The zero-order chi connectivity index (χ0) is 10.1. The van der Waals surface area contributed by atoms with Gasteiger partial charge in [0.05, 0.1) is 11.9 Å². The molecule has 0 aromatic carbocycles. The van der Waals surface area contributed by atoms with Crippen molar-refractivity contribution in [1.82, 2.24) is 10.3 Å². The average Bonchev–Trinajstić information content (AvgIpc) is 2.40. The molecule has 2 fully saturated rings. The Hall–Kier alpha value is -1.09. The number of nitrogens with zero attached hydrogens (tertiary/aromatic N) is 2. The van der Waals surface area contributed by atoms with Gasteiger partial charge >= 0.3 is 0 Å². The van der Waals surface area contributed by atoms with Crippen LogP contribution in [0.4, 0.5) is 5.69 Å². The van der Waals surface area contributed by atoms with Crippen LogP contribution in [0.25, 0.3) is 0 Å². The highest BCUT2D eigenvalue weighted by atomic mass is 15.2. The second kappa shape index (κ2) is 3.81. The van der Waals surface area contributed by atoms with Gasteiger partial charge in [-0.05, 0) is 37.4 Å². The molecule has 0 spiro atoms. The molecule has 80 valence electrons. The van der Waals surface area contributed by atoms with Gasteiger partial charge < -0.3 is 10.2 Å². The molecule has 15 heavy (non-hydrogen) atoms. The summed E-state index contributed by atoms with van der Waals surface area (Å²) in [7, 11) is 0. The molecule has 1 N–H and O–H groups in total. The van der Waals surface area contributed by atoms with Crippen LogP contribution in [-0.2, 0) is 0 Å². The second-order valence-corrected chi connectivity index (χ2v) is 4.55. The molecule has 0 saturated carbocycles. The van der Waals surface area contributed by atoms with Crippen LogP contribution in [0.15, 0.2) is 24.5 Å². The summed E-state index contributed by atoms with van der Waals surface area (Å²) in [5, 5.41) is 3.52. The van der Waals surface area contributed by atoms with Crippen molar-refractivity contribution in [3.8, 4) is 0 Å². The predicted octanol–water partition coefficient (Wildman–Crippen LogP) is 1.27. The maximum absolute atomic E-state index is 4.19. The fourth-order valence-electron chi connectivity index (χ4n) is 2.62. The maximum Gasteiger partial charge on any atom is 0.0552 e. The maximum atomic E-state index is 4.19. The fourth-order valence-corrected chi connectivity index (χ4v) is 2.62. The first-order valence-electron chi connectivity index (χ1n) is 5.82. The molecule has 1 aromatic rings. The van der Waals surface area contributed by atoms with E-state index in [-0.39, 0.29) is 0 Å². The lowest BCUT2D eigenvalue weighted by atomic mass is 9.88. The van der Waals surface area contributed by atoms with Gasteiger partial charge in [0.2, 0.25) is 0 Å². The van der Waals surface area contributed by atoms with Crippen molar-refractivity contribution in [1.29, 1.82) is 0 Å². The zero-order valence-electron chi connectivity index (χ0n) is 8.89. The highest BCUT2D eigenvalue weighted by Gasteiger charge is 2.32. The Kier molecular flexibility index (Phi) is 2.33. The quantitative estimate of drug-likeness (QED) is 0.745.